The highest BCUT2D eigenvalue weighted by Gasteiger charge is 2.09. The number of fused-ring (bicyclic) bond motifs is 1. The van der Waals surface area contributed by atoms with Crippen molar-refractivity contribution in [3.05, 3.63) is 29.3 Å². The lowest BCUT2D eigenvalue weighted by Crippen LogP contribution is -2.39. The number of aliphatic hydroxyl groups is 1. The molecule has 22 heavy (non-hydrogen) atoms. The Labute approximate surface area is 135 Å². The number of thiazole rings is 1. The minimum Gasteiger partial charge on any atom is -0.393 e. The van der Waals surface area contributed by atoms with E-state index in [1.54, 1.807) is 30.2 Å². The zero-order chi connectivity index (χ0) is 15.9. The summed E-state index contributed by atoms with van der Waals surface area (Å²) in [4.78, 5) is 18.0. The molecular weight excluding hydrogens is 298 g/mol. The predicted molar refractivity (Wildman–Crippen MR) is 90.3 cm³/mol. The van der Waals surface area contributed by atoms with Crippen molar-refractivity contribution in [1.29, 1.82) is 0 Å². The molecule has 5 nitrogen and oxygen atoms in total. The number of hydrogen-bond donors (Lipinski definition) is 2. The molecule has 0 fully saturated rings. The topological polar surface area (TPSA) is 65.5 Å². The molecule has 1 unspecified atom stereocenters. The second-order valence-electron chi connectivity index (χ2n) is 5.47. The third kappa shape index (κ3) is 4.96. The van der Waals surface area contributed by atoms with Crippen molar-refractivity contribution in [3.8, 4) is 0 Å². The summed E-state index contributed by atoms with van der Waals surface area (Å²) in [6.07, 6.45) is 1.96. The van der Waals surface area contributed by atoms with Gasteiger partial charge in [0.2, 0.25) is 0 Å². The Morgan fingerprint density at radius 3 is 2.95 bits per heavy atom. The summed E-state index contributed by atoms with van der Waals surface area (Å²) in [6, 6.07) is 8.02. The summed E-state index contributed by atoms with van der Waals surface area (Å²) in [5.41, 5.74) is 1.05. The van der Waals surface area contributed by atoms with Gasteiger partial charge in [-0.25, -0.2) is 9.78 Å². The third-order valence-corrected chi connectivity index (χ3v) is 4.51. The van der Waals surface area contributed by atoms with Gasteiger partial charge in [0.05, 0.1) is 21.3 Å². The number of para-hydroxylation sites is 1. The molecule has 0 bridgehead atoms. The second kappa shape index (κ2) is 8.10. The summed E-state index contributed by atoms with van der Waals surface area (Å²) >= 11 is 1.71. The molecule has 2 aromatic rings. The Morgan fingerprint density at radius 2 is 2.23 bits per heavy atom. The van der Waals surface area contributed by atoms with E-state index >= 15 is 0 Å². The van der Waals surface area contributed by atoms with Crippen molar-refractivity contribution < 1.29 is 9.90 Å². The first-order valence-corrected chi connectivity index (χ1v) is 8.39. The van der Waals surface area contributed by atoms with E-state index in [2.05, 4.69) is 16.4 Å². The molecule has 1 atom stereocenters. The molecule has 120 valence electrons. The molecule has 0 saturated heterocycles. The van der Waals surface area contributed by atoms with E-state index in [4.69, 9.17) is 0 Å². The molecule has 0 aliphatic heterocycles. The van der Waals surface area contributed by atoms with Crippen LogP contribution in [0.2, 0.25) is 0 Å². The number of aryl methyl sites for hydroxylation is 1. The van der Waals surface area contributed by atoms with Gasteiger partial charge in [-0.05, 0) is 31.9 Å². The number of benzene rings is 1. The second-order valence-corrected chi connectivity index (χ2v) is 6.59. The maximum absolute atomic E-state index is 11.8. The van der Waals surface area contributed by atoms with E-state index < -0.39 is 0 Å². The fourth-order valence-corrected chi connectivity index (χ4v) is 3.09. The molecule has 1 aromatic heterocycles. The van der Waals surface area contributed by atoms with Crippen LogP contribution < -0.4 is 5.32 Å². The Morgan fingerprint density at radius 1 is 1.45 bits per heavy atom. The highest BCUT2D eigenvalue weighted by molar-refractivity contribution is 7.18. The maximum atomic E-state index is 11.8. The molecule has 0 saturated carbocycles. The molecule has 0 radical (unpaired) electrons. The molecule has 2 amide bonds. The number of aromatic nitrogens is 1. The van der Waals surface area contributed by atoms with Gasteiger partial charge in [-0.15, -0.1) is 11.3 Å². The third-order valence-electron chi connectivity index (χ3n) is 3.41. The lowest BCUT2D eigenvalue weighted by molar-refractivity contribution is 0.163. The standard InChI is InChI=1S/C16H23N3O2S/c1-12(20)9-11-19(2)16(21)17-10-5-8-15-18-13-6-3-4-7-14(13)22-15/h3-4,6-7,12,20H,5,8-11H2,1-2H3,(H,17,21). The zero-order valence-electron chi connectivity index (χ0n) is 13.1. The number of carbonyl (C=O) groups is 1. The van der Waals surface area contributed by atoms with Crippen LogP contribution in [-0.2, 0) is 6.42 Å². The van der Waals surface area contributed by atoms with Gasteiger partial charge in [-0.2, -0.15) is 0 Å². The molecule has 1 heterocycles. The normalized spacial score (nSPS) is 12.3. The number of nitrogens with one attached hydrogen (secondary N) is 1. The fraction of sp³-hybridized carbons (Fsp3) is 0.500. The van der Waals surface area contributed by atoms with Gasteiger partial charge in [0.25, 0.3) is 0 Å². The number of rotatable bonds is 7. The number of hydrogen-bond acceptors (Lipinski definition) is 4. The molecule has 0 aliphatic carbocycles. The molecule has 0 spiro atoms. The molecule has 6 heteroatoms. The van der Waals surface area contributed by atoms with Crippen molar-refractivity contribution in [1.82, 2.24) is 15.2 Å². The van der Waals surface area contributed by atoms with Crippen LogP contribution in [0.5, 0.6) is 0 Å². The van der Waals surface area contributed by atoms with Gasteiger partial charge in [-0.3, -0.25) is 0 Å². The molecule has 0 aliphatic rings. The van der Waals surface area contributed by atoms with E-state index in [1.165, 1.54) is 4.70 Å². The first kappa shape index (κ1) is 16.7. The SMILES string of the molecule is CC(O)CCN(C)C(=O)NCCCc1nc2ccccc2s1. The van der Waals surface area contributed by atoms with Crippen molar-refractivity contribution in [2.24, 2.45) is 0 Å². The summed E-state index contributed by atoms with van der Waals surface area (Å²) in [5.74, 6) is 0. The summed E-state index contributed by atoms with van der Waals surface area (Å²) < 4.78 is 1.21. The average molecular weight is 321 g/mol. The van der Waals surface area contributed by atoms with Gasteiger partial charge in [0, 0.05) is 26.6 Å². The number of amides is 2. The van der Waals surface area contributed by atoms with Crippen LogP contribution in [0, 0.1) is 0 Å². The number of nitrogens with zero attached hydrogens (tertiary/aromatic N) is 2. The monoisotopic (exact) mass is 321 g/mol. The van der Waals surface area contributed by atoms with Crippen molar-refractivity contribution in [2.45, 2.75) is 32.3 Å². The van der Waals surface area contributed by atoms with Crippen LogP contribution in [0.3, 0.4) is 0 Å². The molecule has 1 aromatic carbocycles. The van der Waals surface area contributed by atoms with E-state index in [-0.39, 0.29) is 12.1 Å². The van der Waals surface area contributed by atoms with Gasteiger partial charge in [-0.1, -0.05) is 12.1 Å². The number of carbonyl (C=O) groups excluding carboxylic acids is 1. The highest BCUT2D eigenvalue weighted by Crippen LogP contribution is 2.22. The van der Waals surface area contributed by atoms with E-state index in [0.29, 0.717) is 19.5 Å². The van der Waals surface area contributed by atoms with Gasteiger partial charge in [0.15, 0.2) is 0 Å². The first-order valence-electron chi connectivity index (χ1n) is 7.57. The van der Waals surface area contributed by atoms with Crippen LogP contribution in [-0.4, -0.2) is 47.3 Å². The molecule has 2 rings (SSSR count). The quantitative estimate of drug-likeness (QED) is 0.771. The van der Waals surface area contributed by atoms with Gasteiger partial charge in [0.1, 0.15) is 0 Å². The number of urea groups is 1. The molecular formula is C16H23N3O2S. The van der Waals surface area contributed by atoms with Crippen molar-refractivity contribution >= 4 is 27.6 Å². The predicted octanol–water partition coefficient (Wildman–Crippen LogP) is 2.64. The first-order chi connectivity index (χ1) is 10.6. The van der Waals surface area contributed by atoms with E-state index in [9.17, 15) is 9.90 Å². The van der Waals surface area contributed by atoms with Crippen LogP contribution in [0.15, 0.2) is 24.3 Å². The minimum absolute atomic E-state index is 0.0926. The summed E-state index contributed by atoms with van der Waals surface area (Å²) in [6.45, 7) is 2.92. The van der Waals surface area contributed by atoms with Gasteiger partial charge < -0.3 is 15.3 Å². The smallest absolute Gasteiger partial charge is 0.317 e. The highest BCUT2D eigenvalue weighted by atomic mass is 32.1. The lowest BCUT2D eigenvalue weighted by Gasteiger charge is -2.18. The number of aliphatic hydroxyl groups excluding tert-OH is 1. The largest absolute Gasteiger partial charge is 0.393 e. The van der Waals surface area contributed by atoms with Crippen molar-refractivity contribution in [2.75, 3.05) is 20.1 Å². The Hall–Kier alpha value is -1.66. The zero-order valence-corrected chi connectivity index (χ0v) is 13.9. The Balaban J connectivity index is 1.69. The summed E-state index contributed by atoms with van der Waals surface area (Å²) in [5, 5.41) is 13.2. The molecule has 2 N–H and O–H groups in total. The lowest BCUT2D eigenvalue weighted by atomic mass is 10.3. The van der Waals surface area contributed by atoms with Crippen LogP contribution in [0.4, 0.5) is 4.79 Å². The Kier molecular flexibility index (Phi) is 6.15. The van der Waals surface area contributed by atoms with Crippen LogP contribution in [0.1, 0.15) is 24.8 Å². The minimum atomic E-state index is -0.380. The van der Waals surface area contributed by atoms with Crippen LogP contribution in [0.25, 0.3) is 10.2 Å². The Bertz CT molecular complexity index is 579. The fourth-order valence-electron chi connectivity index (χ4n) is 2.08. The van der Waals surface area contributed by atoms with E-state index in [1.807, 2.05) is 18.2 Å². The summed E-state index contributed by atoms with van der Waals surface area (Å²) in [7, 11) is 1.74. The average Bonchev–Trinajstić information content (AvgIpc) is 2.91. The van der Waals surface area contributed by atoms with E-state index in [0.717, 1.165) is 23.4 Å². The maximum Gasteiger partial charge on any atom is 0.317 e. The van der Waals surface area contributed by atoms with Crippen molar-refractivity contribution in [3.63, 3.8) is 0 Å². The van der Waals surface area contributed by atoms with Gasteiger partial charge >= 0.3 is 6.03 Å². The van der Waals surface area contributed by atoms with Crippen LogP contribution >= 0.6 is 11.3 Å².